The van der Waals surface area contributed by atoms with Crippen molar-refractivity contribution in [2.75, 3.05) is 0 Å². The van der Waals surface area contributed by atoms with Gasteiger partial charge in [0.2, 0.25) is 0 Å². The van der Waals surface area contributed by atoms with E-state index in [4.69, 9.17) is 0 Å². The van der Waals surface area contributed by atoms with Crippen LogP contribution in [0, 0.1) is 0 Å². The number of hydrogen-bond donors (Lipinski definition) is 0. The minimum atomic E-state index is 1.04. The van der Waals surface area contributed by atoms with E-state index in [0.717, 1.165) is 17.3 Å². The first kappa shape index (κ1) is 15.1. The van der Waals surface area contributed by atoms with Gasteiger partial charge in [-0.3, -0.25) is 0 Å². The van der Waals surface area contributed by atoms with Gasteiger partial charge in [-0.25, -0.2) is 0 Å². The molecule has 0 heterocycles. The molecule has 110 valence electrons. The lowest BCUT2D eigenvalue weighted by molar-refractivity contribution is 1.08. The van der Waals surface area contributed by atoms with Gasteiger partial charge in [-0.1, -0.05) is 83.5 Å². The van der Waals surface area contributed by atoms with Crippen molar-refractivity contribution in [3.05, 3.63) is 99.6 Å². The summed E-state index contributed by atoms with van der Waals surface area (Å²) in [5, 5.41) is 0. The Balaban J connectivity index is 2.20. The molecule has 1 aliphatic carbocycles. The first-order valence-corrected chi connectivity index (χ1v) is 8.49. The third-order valence-corrected chi connectivity index (χ3v) is 4.54. The maximum absolute atomic E-state index is 3.53. The molecule has 0 fully saturated rings. The maximum Gasteiger partial charge on any atom is 0.0175 e. The van der Waals surface area contributed by atoms with Gasteiger partial charge in [0.15, 0.2) is 0 Å². The van der Waals surface area contributed by atoms with Gasteiger partial charge in [0.25, 0.3) is 0 Å². The van der Waals surface area contributed by atoms with Crippen LogP contribution in [0.5, 0.6) is 0 Å². The van der Waals surface area contributed by atoms with Crippen molar-refractivity contribution in [3.63, 3.8) is 0 Å². The van der Waals surface area contributed by atoms with Gasteiger partial charge in [0, 0.05) is 4.47 Å². The van der Waals surface area contributed by atoms with Gasteiger partial charge < -0.3 is 0 Å². The van der Waals surface area contributed by atoms with Crippen LogP contribution in [0.3, 0.4) is 0 Å². The van der Waals surface area contributed by atoms with Crippen LogP contribution in [0.2, 0.25) is 0 Å². The van der Waals surface area contributed by atoms with Gasteiger partial charge in [0.1, 0.15) is 0 Å². The highest BCUT2D eigenvalue weighted by Gasteiger charge is 2.14. The molecular formula is C21H19Br. The lowest BCUT2D eigenvalue weighted by Gasteiger charge is -2.17. The van der Waals surface area contributed by atoms with Crippen LogP contribution >= 0.6 is 15.9 Å². The van der Waals surface area contributed by atoms with Crippen LogP contribution in [0.25, 0.3) is 5.57 Å². The summed E-state index contributed by atoms with van der Waals surface area (Å²) in [5.74, 6) is 0. The number of allylic oxidation sites excluding steroid dienone is 5. The Labute approximate surface area is 141 Å². The molecule has 0 nitrogen and oxygen atoms in total. The first-order valence-electron chi connectivity index (χ1n) is 7.70. The van der Waals surface area contributed by atoms with Gasteiger partial charge in [-0.2, -0.15) is 0 Å². The quantitative estimate of drug-likeness (QED) is 0.586. The molecular weight excluding hydrogens is 332 g/mol. The van der Waals surface area contributed by atoms with Crippen molar-refractivity contribution in [1.29, 1.82) is 0 Å². The Morgan fingerprint density at radius 1 is 0.955 bits per heavy atom. The van der Waals surface area contributed by atoms with E-state index in [9.17, 15) is 0 Å². The summed E-state index contributed by atoms with van der Waals surface area (Å²) < 4.78 is 1.11. The number of rotatable bonds is 4. The van der Waals surface area contributed by atoms with E-state index in [1.165, 1.54) is 27.8 Å². The molecule has 0 aliphatic heterocycles. The van der Waals surface area contributed by atoms with E-state index >= 15 is 0 Å². The third kappa shape index (κ3) is 3.15. The van der Waals surface area contributed by atoms with Crippen LogP contribution in [0.15, 0.2) is 88.4 Å². The largest absolute Gasteiger partial charge is 0.0801 e. The van der Waals surface area contributed by atoms with Gasteiger partial charge in [0.05, 0.1) is 0 Å². The van der Waals surface area contributed by atoms with E-state index in [1.54, 1.807) is 0 Å². The Bertz CT molecular complexity index is 731. The molecule has 0 saturated heterocycles. The molecule has 0 amide bonds. The number of halogens is 1. The summed E-state index contributed by atoms with van der Waals surface area (Å²) in [6.45, 7) is 2.25. The van der Waals surface area contributed by atoms with Crippen LogP contribution in [-0.2, 0) is 0 Å². The summed E-state index contributed by atoms with van der Waals surface area (Å²) in [6, 6.07) is 19.3. The Hall–Kier alpha value is -1.86. The second-order valence-electron chi connectivity index (χ2n) is 5.40. The van der Waals surface area contributed by atoms with Crippen molar-refractivity contribution in [1.82, 2.24) is 0 Å². The molecule has 22 heavy (non-hydrogen) atoms. The molecule has 0 radical (unpaired) electrons. The van der Waals surface area contributed by atoms with Crippen LogP contribution in [-0.4, -0.2) is 0 Å². The third-order valence-electron chi connectivity index (χ3n) is 4.01. The SMILES string of the molecule is CC/C(C1=CC=CC1)=C(/c1ccccc1)c1ccc(Br)cc1. The van der Waals surface area contributed by atoms with Crippen molar-refractivity contribution < 1.29 is 0 Å². The molecule has 0 bridgehead atoms. The van der Waals surface area contributed by atoms with Crippen molar-refractivity contribution >= 4 is 21.5 Å². The summed E-state index contributed by atoms with van der Waals surface area (Å²) in [6.07, 6.45) is 8.72. The lowest BCUT2D eigenvalue weighted by Crippen LogP contribution is -1.97. The van der Waals surface area contributed by atoms with E-state index in [0.29, 0.717) is 0 Å². The standard InChI is InChI=1S/C21H19Br/c1-2-20(16-8-6-7-9-16)21(17-10-4-3-5-11-17)18-12-14-19(22)15-13-18/h3-8,10-15H,2,9H2,1H3/b21-20+. The molecule has 0 atom stereocenters. The average molecular weight is 351 g/mol. The predicted molar refractivity (Wildman–Crippen MR) is 98.7 cm³/mol. The highest BCUT2D eigenvalue weighted by molar-refractivity contribution is 9.10. The topological polar surface area (TPSA) is 0 Å². The Morgan fingerprint density at radius 2 is 1.64 bits per heavy atom. The zero-order valence-corrected chi connectivity index (χ0v) is 14.3. The van der Waals surface area contributed by atoms with Crippen molar-refractivity contribution in [3.8, 4) is 0 Å². The fraction of sp³-hybridized carbons (Fsp3) is 0.143. The second kappa shape index (κ2) is 6.93. The minimum Gasteiger partial charge on any atom is -0.0801 e. The van der Waals surface area contributed by atoms with Gasteiger partial charge >= 0.3 is 0 Å². The normalized spacial score (nSPS) is 14.7. The molecule has 1 heteroatoms. The number of benzene rings is 2. The molecule has 0 unspecified atom stereocenters. The fourth-order valence-electron chi connectivity index (χ4n) is 2.97. The van der Waals surface area contributed by atoms with E-state index in [-0.39, 0.29) is 0 Å². The molecule has 1 aliphatic rings. The van der Waals surface area contributed by atoms with Crippen LogP contribution < -0.4 is 0 Å². The zero-order valence-electron chi connectivity index (χ0n) is 12.7. The monoisotopic (exact) mass is 350 g/mol. The van der Waals surface area contributed by atoms with E-state index in [1.807, 2.05) is 0 Å². The second-order valence-corrected chi connectivity index (χ2v) is 6.32. The summed E-state index contributed by atoms with van der Waals surface area (Å²) in [4.78, 5) is 0. The van der Waals surface area contributed by atoms with Crippen molar-refractivity contribution in [2.45, 2.75) is 19.8 Å². The summed E-state index contributed by atoms with van der Waals surface area (Å²) in [7, 11) is 0. The molecule has 0 saturated carbocycles. The first-order chi connectivity index (χ1) is 10.8. The molecule has 0 aromatic heterocycles. The predicted octanol–water partition coefficient (Wildman–Crippen LogP) is 6.55. The van der Waals surface area contributed by atoms with Gasteiger partial charge in [-0.05, 0) is 52.8 Å². The highest BCUT2D eigenvalue weighted by Crippen LogP contribution is 2.35. The van der Waals surface area contributed by atoms with Crippen molar-refractivity contribution in [2.24, 2.45) is 0 Å². The summed E-state index contributed by atoms with van der Waals surface area (Å²) >= 11 is 3.53. The van der Waals surface area contributed by atoms with E-state index in [2.05, 4.69) is 95.7 Å². The molecule has 2 aromatic carbocycles. The maximum atomic E-state index is 3.53. The number of hydrogen-bond acceptors (Lipinski definition) is 0. The molecule has 3 rings (SSSR count). The van der Waals surface area contributed by atoms with Crippen LogP contribution in [0.4, 0.5) is 0 Å². The lowest BCUT2D eigenvalue weighted by atomic mass is 9.88. The molecule has 0 N–H and O–H groups in total. The minimum absolute atomic E-state index is 1.04. The van der Waals surface area contributed by atoms with Gasteiger partial charge in [-0.15, -0.1) is 0 Å². The Kier molecular flexibility index (Phi) is 4.74. The zero-order chi connectivity index (χ0) is 15.4. The van der Waals surface area contributed by atoms with Crippen LogP contribution in [0.1, 0.15) is 30.9 Å². The summed E-state index contributed by atoms with van der Waals surface area (Å²) in [5.41, 5.74) is 6.79. The highest BCUT2D eigenvalue weighted by atomic mass is 79.9. The smallest absolute Gasteiger partial charge is 0.0175 e. The Morgan fingerprint density at radius 3 is 2.23 bits per heavy atom. The average Bonchev–Trinajstić information content (AvgIpc) is 3.08. The fourth-order valence-corrected chi connectivity index (χ4v) is 3.24. The molecule has 0 spiro atoms. The molecule has 2 aromatic rings. The van der Waals surface area contributed by atoms with E-state index < -0.39 is 0 Å².